The average Bonchev–Trinajstić information content (AvgIpc) is 2.68. The van der Waals surface area contributed by atoms with E-state index in [0.29, 0.717) is 16.1 Å². The maximum atomic E-state index is 11.7. The van der Waals surface area contributed by atoms with Crippen molar-refractivity contribution in [2.45, 2.75) is 6.92 Å². The fourth-order valence-corrected chi connectivity index (χ4v) is 1.49. The molecule has 0 unspecified atom stereocenters. The lowest BCUT2D eigenvalue weighted by Crippen LogP contribution is -2.12. The van der Waals surface area contributed by atoms with Gasteiger partial charge in [0.05, 0.1) is 5.69 Å². The monoisotopic (exact) mass is 281 g/mol. The van der Waals surface area contributed by atoms with E-state index < -0.39 is 0 Å². The van der Waals surface area contributed by atoms with E-state index in [1.807, 2.05) is 0 Å². The van der Waals surface area contributed by atoms with Gasteiger partial charge in [0.1, 0.15) is 10.4 Å². The molecule has 0 saturated carbocycles. The summed E-state index contributed by atoms with van der Waals surface area (Å²) in [4.78, 5) is 15.7. The van der Waals surface area contributed by atoms with Gasteiger partial charge in [0, 0.05) is 12.3 Å². The Kier molecular flexibility index (Phi) is 3.00. The number of nitrogens with one attached hydrogen (secondary N) is 1. The summed E-state index contributed by atoms with van der Waals surface area (Å²) < 4.78 is 5.39. The second-order valence-corrected chi connectivity index (χ2v) is 3.87. The number of amides is 1. The van der Waals surface area contributed by atoms with Gasteiger partial charge in [0.2, 0.25) is 0 Å². The van der Waals surface area contributed by atoms with Crippen LogP contribution in [0.3, 0.4) is 0 Å². The first kappa shape index (κ1) is 10.8. The number of hydrogen-bond acceptors (Lipinski definition) is 4. The molecule has 2 rings (SSSR count). The number of aromatic nitrogens is 2. The molecule has 0 aliphatic heterocycles. The fourth-order valence-electron chi connectivity index (χ4n) is 1.14. The van der Waals surface area contributed by atoms with Crippen LogP contribution in [0.2, 0.25) is 0 Å². The van der Waals surface area contributed by atoms with Crippen LogP contribution in [-0.2, 0) is 0 Å². The molecule has 2 aromatic heterocycles. The van der Waals surface area contributed by atoms with Gasteiger partial charge in [-0.1, -0.05) is 5.16 Å². The van der Waals surface area contributed by atoms with Crippen molar-refractivity contribution in [2.75, 3.05) is 5.32 Å². The summed E-state index contributed by atoms with van der Waals surface area (Å²) in [5, 5.41) is 6.29. The zero-order valence-electron chi connectivity index (χ0n) is 8.40. The van der Waals surface area contributed by atoms with E-state index in [0.717, 1.165) is 0 Å². The van der Waals surface area contributed by atoms with E-state index in [1.165, 1.54) is 0 Å². The van der Waals surface area contributed by atoms with Gasteiger partial charge in [0.15, 0.2) is 5.69 Å². The van der Waals surface area contributed by atoms with Gasteiger partial charge in [-0.2, -0.15) is 0 Å². The number of rotatable bonds is 2. The van der Waals surface area contributed by atoms with Crippen LogP contribution < -0.4 is 5.32 Å². The highest BCUT2D eigenvalue weighted by molar-refractivity contribution is 9.10. The lowest BCUT2D eigenvalue weighted by atomic mass is 10.3. The van der Waals surface area contributed by atoms with E-state index in [9.17, 15) is 4.79 Å². The van der Waals surface area contributed by atoms with Gasteiger partial charge in [-0.05, 0) is 35.0 Å². The standard InChI is InChI=1S/C10H8BrN3O2/c1-6-5-8(14-16-6)10(15)13-7-3-2-4-12-9(7)11/h2-5H,1H3,(H,13,15). The normalized spacial score (nSPS) is 10.1. The van der Waals surface area contributed by atoms with E-state index in [2.05, 4.69) is 31.4 Å². The summed E-state index contributed by atoms with van der Waals surface area (Å²) in [7, 11) is 0. The molecule has 0 aromatic carbocycles. The molecule has 0 atom stereocenters. The molecule has 16 heavy (non-hydrogen) atoms. The van der Waals surface area contributed by atoms with Gasteiger partial charge in [-0.3, -0.25) is 4.79 Å². The van der Waals surface area contributed by atoms with Crippen LogP contribution in [-0.4, -0.2) is 16.0 Å². The number of anilines is 1. The Morgan fingerprint density at radius 2 is 2.38 bits per heavy atom. The second kappa shape index (κ2) is 4.44. The summed E-state index contributed by atoms with van der Waals surface area (Å²) in [5.41, 5.74) is 0.835. The molecule has 2 heterocycles. The summed E-state index contributed by atoms with van der Waals surface area (Å²) in [6, 6.07) is 5.04. The average molecular weight is 282 g/mol. The summed E-state index contributed by atoms with van der Waals surface area (Å²) in [6.45, 7) is 1.73. The molecule has 0 aliphatic carbocycles. The van der Waals surface area contributed by atoms with E-state index in [1.54, 1.807) is 31.3 Å². The highest BCUT2D eigenvalue weighted by atomic mass is 79.9. The number of aryl methyl sites for hydroxylation is 1. The highest BCUT2D eigenvalue weighted by Crippen LogP contribution is 2.18. The van der Waals surface area contributed by atoms with E-state index in [4.69, 9.17) is 4.52 Å². The van der Waals surface area contributed by atoms with Gasteiger partial charge < -0.3 is 9.84 Å². The van der Waals surface area contributed by atoms with Crippen molar-refractivity contribution in [3.63, 3.8) is 0 Å². The largest absolute Gasteiger partial charge is 0.361 e. The van der Waals surface area contributed by atoms with Crippen molar-refractivity contribution in [1.82, 2.24) is 10.1 Å². The first-order valence-corrected chi connectivity index (χ1v) is 5.31. The maximum Gasteiger partial charge on any atom is 0.277 e. The van der Waals surface area contributed by atoms with Crippen LogP contribution >= 0.6 is 15.9 Å². The molecule has 5 nitrogen and oxygen atoms in total. The summed E-state index contributed by atoms with van der Waals surface area (Å²) in [6.07, 6.45) is 1.62. The van der Waals surface area contributed by atoms with Crippen LogP contribution in [0.15, 0.2) is 33.5 Å². The number of nitrogens with zero attached hydrogens (tertiary/aromatic N) is 2. The third kappa shape index (κ3) is 2.27. The Balaban J connectivity index is 2.17. The Labute approximate surface area is 100.0 Å². The van der Waals surface area contributed by atoms with Gasteiger partial charge in [0.25, 0.3) is 5.91 Å². The molecule has 0 fully saturated rings. The summed E-state index contributed by atoms with van der Waals surface area (Å²) >= 11 is 3.23. The van der Waals surface area contributed by atoms with E-state index in [-0.39, 0.29) is 11.6 Å². The lowest BCUT2D eigenvalue weighted by molar-refractivity contribution is 0.101. The molecule has 2 aromatic rings. The van der Waals surface area contributed by atoms with Crippen molar-refractivity contribution in [2.24, 2.45) is 0 Å². The third-order valence-electron chi connectivity index (χ3n) is 1.87. The Morgan fingerprint density at radius 3 is 3.00 bits per heavy atom. The van der Waals surface area contributed by atoms with Crippen molar-refractivity contribution >= 4 is 27.5 Å². The fraction of sp³-hybridized carbons (Fsp3) is 0.100. The second-order valence-electron chi connectivity index (χ2n) is 3.12. The minimum atomic E-state index is -0.328. The van der Waals surface area contributed by atoms with Gasteiger partial charge in [-0.15, -0.1) is 0 Å². The highest BCUT2D eigenvalue weighted by Gasteiger charge is 2.12. The van der Waals surface area contributed by atoms with Gasteiger partial charge >= 0.3 is 0 Å². The molecular weight excluding hydrogens is 274 g/mol. The first-order valence-electron chi connectivity index (χ1n) is 4.52. The molecule has 0 spiro atoms. The van der Waals surface area contributed by atoms with Crippen molar-refractivity contribution in [3.8, 4) is 0 Å². The number of halogens is 1. The Hall–Kier alpha value is -1.69. The predicted molar refractivity (Wildman–Crippen MR) is 61.1 cm³/mol. The first-order chi connectivity index (χ1) is 7.66. The van der Waals surface area contributed by atoms with Crippen LogP contribution in [0, 0.1) is 6.92 Å². The molecule has 82 valence electrons. The molecule has 6 heteroatoms. The molecule has 1 amide bonds. The minimum absolute atomic E-state index is 0.244. The molecule has 0 radical (unpaired) electrons. The van der Waals surface area contributed by atoms with Crippen molar-refractivity contribution in [3.05, 3.63) is 40.5 Å². The van der Waals surface area contributed by atoms with Crippen LogP contribution in [0.4, 0.5) is 5.69 Å². The topological polar surface area (TPSA) is 68.0 Å². The molecule has 1 N–H and O–H groups in total. The van der Waals surface area contributed by atoms with Crippen LogP contribution in [0.25, 0.3) is 0 Å². The zero-order valence-corrected chi connectivity index (χ0v) is 9.98. The number of hydrogen-bond donors (Lipinski definition) is 1. The maximum absolute atomic E-state index is 11.7. The van der Waals surface area contributed by atoms with Crippen molar-refractivity contribution in [1.29, 1.82) is 0 Å². The lowest BCUT2D eigenvalue weighted by Gasteiger charge is -2.03. The quantitative estimate of drug-likeness (QED) is 0.859. The van der Waals surface area contributed by atoms with Crippen LogP contribution in [0.1, 0.15) is 16.2 Å². The van der Waals surface area contributed by atoms with Gasteiger partial charge in [-0.25, -0.2) is 4.98 Å². The smallest absolute Gasteiger partial charge is 0.277 e. The molecule has 0 saturated heterocycles. The number of carbonyl (C=O) groups excluding carboxylic acids is 1. The minimum Gasteiger partial charge on any atom is -0.361 e. The predicted octanol–water partition coefficient (Wildman–Crippen LogP) is 2.39. The van der Waals surface area contributed by atoms with E-state index >= 15 is 0 Å². The summed E-state index contributed by atoms with van der Waals surface area (Å²) in [5.74, 6) is 0.265. The molecule has 0 bridgehead atoms. The molecule has 0 aliphatic rings. The zero-order chi connectivity index (χ0) is 11.5. The number of pyridine rings is 1. The molecular formula is C10H8BrN3O2. The van der Waals surface area contributed by atoms with Crippen LogP contribution in [0.5, 0.6) is 0 Å². The third-order valence-corrected chi connectivity index (χ3v) is 2.50. The van der Waals surface area contributed by atoms with Crippen molar-refractivity contribution < 1.29 is 9.32 Å². The SMILES string of the molecule is Cc1cc(C(=O)Nc2cccnc2Br)no1. The Morgan fingerprint density at radius 1 is 1.56 bits per heavy atom. The number of carbonyl (C=O) groups is 1. The Bertz CT molecular complexity index is 524.